The van der Waals surface area contributed by atoms with Gasteiger partial charge in [0.2, 0.25) is 0 Å². The molecule has 54 valence electrons. The first-order valence-electron chi connectivity index (χ1n) is 3.82. The highest BCUT2D eigenvalue weighted by atomic mass is 14.0. The van der Waals surface area contributed by atoms with Crippen LogP contribution in [0, 0.1) is 11.8 Å². The van der Waals surface area contributed by atoms with Gasteiger partial charge >= 0.3 is 0 Å². The highest BCUT2D eigenvalue weighted by Crippen LogP contribution is 2.08. The van der Waals surface area contributed by atoms with Gasteiger partial charge in [-0.3, -0.25) is 0 Å². The maximum atomic E-state index is 2.24. The molecule has 0 amide bonds. The van der Waals surface area contributed by atoms with Gasteiger partial charge in [0.05, 0.1) is 0 Å². The van der Waals surface area contributed by atoms with E-state index in [4.69, 9.17) is 0 Å². The molecule has 0 spiro atoms. The normalized spacial score (nSPS) is 31.8. The Bertz CT molecular complexity index is 152. The highest BCUT2D eigenvalue weighted by molar-refractivity contribution is 5.14. The van der Waals surface area contributed by atoms with Crippen LogP contribution in [0.1, 0.15) is 13.8 Å². The number of hydrogen-bond donors (Lipinski definition) is 0. The summed E-state index contributed by atoms with van der Waals surface area (Å²) in [5, 5.41) is 0. The largest absolute Gasteiger partial charge is 0.0813 e. The van der Waals surface area contributed by atoms with Crippen molar-refractivity contribution in [3.8, 4) is 0 Å². The van der Waals surface area contributed by atoms with Crippen molar-refractivity contribution >= 4 is 0 Å². The summed E-state index contributed by atoms with van der Waals surface area (Å²) < 4.78 is 0. The van der Waals surface area contributed by atoms with E-state index in [1.807, 2.05) is 0 Å². The Kier molecular flexibility index (Phi) is 2.49. The smallest absolute Gasteiger partial charge is 0.00786 e. The third kappa shape index (κ3) is 2.22. The molecule has 1 rings (SSSR count). The molecule has 0 radical (unpaired) electrons. The van der Waals surface area contributed by atoms with Crippen LogP contribution in [0.3, 0.4) is 0 Å². The molecular weight excluding hydrogens is 120 g/mol. The number of rotatable bonds is 0. The van der Waals surface area contributed by atoms with Gasteiger partial charge in [-0.1, -0.05) is 50.3 Å². The lowest BCUT2D eigenvalue weighted by molar-refractivity contribution is 0.874. The maximum Gasteiger partial charge on any atom is -0.00786 e. The van der Waals surface area contributed by atoms with E-state index in [0.717, 1.165) is 0 Å². The highest BCUT2D eigenvalue weighted by Gasteiger charge is 1.93. The summed E-state index contributed by atoms with van der Waals surface area (Å²) in [5.41, 5.74) is 0. The third-order valence-electron chi connectivity index (χ3n) is 1.66. The fraction of sp³-hybridized carbons (Fsp3) is 0.400. The summed E-state index contributed by atoms with van der Waals surface area (Å²) in [6.45, 7) is 4.39. The fourth-order valence-electron chi connectivity index (χ4n) is 0.958. The molecule has 0 heterocycles. The average Bonchev–Trinajstić information content (AvgIpc) is 1.90. The van der Waals surface area contributed by atoms with Gasteiger partial charge in [0.15, 0.2) is 0 Å². The van der Waals surface area contributed by atoms with Gasteiger partial charge in [0.25, 0.3) is 0 Å². The van der Waals surface area contributed by atoms with Gasteiger partial charge in [-0.15, -0.1) is 0 Å². The summed E-state index contributed by atoms with van der Waals surface area (Å²) in [5.74, 6) is 1.18. The van der Waals surface area contributed by atoms with Gasteiger partial charge in [0, 0.05) is 0 Å². The van der Waals surface area contributed by atoms with Gasteiger partial charge < -0.3 is 0 Å². The Morgan fingerprint density at radius 2 is 1.10 bits per heavy atom. The Labute approximate surface area is 62.9 Å². The molecule has 0 saturated carbocycles. The second-order valence-corrected chi connectivity index (χ2v) is 2.87. The molecule has 10 heavy (non-hydrogen) atoms. The van der Waals surface area contributed by atoms with Crippen LogP contribution in [0.2, 0.25) is 0 Å². The van der Waals surface area contributed by atoms with Crippen LogP contribution in [-0.4, -0.2) is 0 Å². The molecule has 1 aliphatic rings. The molecule has 1 aliphatic carbocycles. The van der Waals surface area contributed by atoms with Crippen molar-refractivity contribution in [2.45, 2.75) is 13.8 Å². The Morgan fingerprint density at radius 1 is 0.700 bits per heavy atom. The van der Waals surface area contributed by atoms with Crippen molar-refractivity contribution in [3.05, 3.63) is 36.5 Å². The standard InChI is InChI=1S/C10H14/c1-9-5-3-4-6-10(2)8-7-9/h3-10H,1-2H3. The van der Waals surface area contributed by atoms with Crippen molar-refractivity contribution in [2.75, 3.05) is 0 Å². The molecule has 2 unspecified atom stereocenters. The molecule has 0 nitrogen and oxygen atoms in total. The van der Waals surface area contributed by atoms with Gasteiger partial charge in [-0.2, -0.15) is 0 Å². The van der Waals surface area contributed by atoms with Crippen LogP contribution < -0.4 is 0 Å². The molecule has 0 saturated heterocycles. The molecule has 0 bridgehead atoms. The summed E-state index contributed by atoms with van der Waals surface area (Å²) >= 11 is 0. The van der Waals surface area contributed by atoms with E-state index in [2.05, 4.69) is 50.3 Å². The first-order chi connectivity index (χ1) is 4.79. The minimum absolute atomic E-state index is 0.590. The summed E-state index contributed by atoms with van der Waals surface area (Å²) in [4.78, 5) is 0. The topological polar surface area (TPSA) is 0 Å². The van der Waals surface area contributed by atoms with E-state index >= 15 is 0 Å². The average molecular weight is 134 g/mol. The Balaban J connectivity index is 2.70. The van der Waals surface area contributed by atoms with Crippen LogP contribution >= 0.6 is 0 Å². The molecular formula is C10H14. The second-order valence-electron chi connectivity index (χ2n) is 2.87. The summed E-state index contributed by atoms with van der Waals surface area (Å²) in [7, 11) is 0. The first kappa shape index (κ1) is 7.33. The summed E-state index contributed by atoms with van der Waals surface area (Å²) in [6, 6.07) is 0. The molecule has 0 fully saturated rings. The zero-order valence-electron chi connectivity index (χ0n) is 6.62. The van der Waals surface area contributed by atoms with E-state index in [0.29, 0.717) is 11.8 Å². The summed E-state index contributed by atoms with van der Waals surface area (Å²) in [6.07, 6.45) is 13.1. The van der Waals surface area contributed by atoms with Crippen molar-refractivity contribution in [1.29, 1.82) is 0 Å². The second kappa shape index (κ2) is 3.40. The molecule has 0 aromatic rings. The Hall–Kier alpha value is -0.780. The zero-order valence-corrected chi connectivity index (χ0v) is 6.62. The van der Waals surface area contributed by atoms with E-state index in [-0.39, 0.29) is 0 Å². The lowest BCUT2D eigenvalue weighted by Crippen LogP contribution is -1.88. The Morgan fingerprint density at radius 3 is 1.50 bits per heavy atom. The third-order valence-corrected chi connectivity index (χ3v) is 1.66. The predicted octanol–water partition coefficient (Wildman–Crippen LogP) is 2.94. The van der Waals surface area contributed by atoms with Crippen molar-refractivity contribution in [3.63, 3.8) is 0 Å². The van der Waals surface area contributed by atoms with Crippen LogP contribution in [0.4, 0.5) is 0 Å². The number of hydrogen-bond acceptors (Lipinski definition) is 0. The minimum atomic E-state index is 0.590. The van der Waals surface area contributed by atoms with Gasteiger partial charge in [-0.25, -0.2) is 0 Å². The first-order valence-corrected chi connectivity index (χ1v) is 3.82. The SMILES string of the molecule is CC1C=CC=CC(C)C=C1. The van der Waals surface area contributed by atoms with E-state index in [1.165, 1.54) is 0 Å². The molecule has 0 N–H and O–H groups in total. The minimum Gasteiger partial charge on any atom is -0.0813 e. The molecule has 0 aromatic heterocycles. The molecule has 0 aliphatic heterocycles. The van der Waals surface area contributed by atoms with Gasteiger partial charge in [0.1, 0.15) is 0 Å². The van der Waals surface area contributed by atoms with Crippen molar-refractivity contribution < 1.29 is 0 Å². The molecule has 0 aromatic carbocycles. The van der Waals surface area contributed by atoms with Crippen LogP contribution in [0.15, 0.2) is 36.5 Å². The predicted molar refractivity (Wildman–Crippen MR) is 45.7 cm³/mol. The fourth-order valence-corrected chi connectivity index (χ4v) is 0.958. The van der Waals surface area contributed by atoms with Crippen LogP contribution in [-0.2, 0) is 0 Å². The molecule has 2 atom stereocenters. The zero-order chi connectivity index (χ0) is 7.40. The lowest BCUT2D eigenvalue weighted by Gasteiger charge is -2.02. The van der Waals surface area contributed by atoms with E-state index < -0.39 is 0 Å². The van der Waals surface area contributed by atoms with Crippen LogP contribution in [0.5, 0.6) is 0 Å². The number of allylic oxidation sites excluding steroid dienone is 6. The maximum absolute atomic E-state index is 2.24. The molecule has 0 heteroatoms. The van der Waals surface area contributed by atoms with Crippen molar-refractivity contribution in [1.82, 2.24) is 0 Å². The van der Waals surface area contributed by atoms with Gasteiger partial charge in [-0.05, 0) is 11.8 Å². The monoisotopic (exact) mass is 134 g/mol. The lowest BCUT2D eigenvalue weighted by atomic mass is 10.0. The van der Waals surface area contributed by atoms with E-state index in [1.54, 1.807) is 0 Å². The van der Waals surface area contributed by atoms with Crippen molar-refractivity contribution in [2.24, 2.45) is 11.8 Å². The van der Waals surface area contributed by atoms with E-state index in [9.17, 15) is 0 Å². The van der Waals surface area contributed by atoms with Crippen LogP contribution in [0.25, 0.3) is 0 Å². The quantitative estimate of drug-likeness (QED) is 0.447.